The molecule has 0 spiro atoms. The fraction of sp³-hybridized carbons (Fsp3) is 0.330. The molecule has 0 saturated heterocycles. The van der Waals surface area contributed by atoms with Crippen molar-refractivity contribution in [3.63, 3.8) is 0 Å². The minimum absolute atomic E-state index is 0.0186. The molecular formula is C103H119ClF6N24O16. The van der Waals surface area contributed by atoms with Crippen molar-refractivity contribution in [3.05, 3.63) is 302 Å². The Labute approximate surface area is 868 Å². The molecule has 0 atom stereocenters. The molecule has 0 aliphatic rings. The maximum absolute atomic E-state index is 12.7. The number of carboxylic acid groups (broad SMARTS) is 1. The first-order valence-corrected chi connectivity index (χ1v) is 46.1. The van der Waals surface area contributed by atoms with Crippen LogP contribution in [-0.4, -0.2) is 262 Å². The van der Waals surface area contributed by atoms with E-state index < -0.39 is 63.0 Å². The summed E-state index contributed by atoms with van der Waals surface area (Å²) in [5.41, 5.74) is 13.6. The predicted molar refractivity (Wildman–Crippen MR) is 561 cm³/mol. The van der Waals surface area contributed by atoms with E-state index in [1.807, 2.05) is 138 Å². The Bertz CT molecular complexity index is 6600. The summed E-state index contributed by atoms with van der Waals surface area (Å²) in [4.78, 5) is 166. The first kappa shape index (κ1) is 118. The lowest BCUT2D eigenvalue weighted by Gasteiger charge is -2.23. The van der Waals surface area contributed by atoms with Gasteiger partial charge in [0, 0.05) is 239 Å². The number of non-ortho nitro benzene ring substituents is 2. The summed E-state index contributed by atoms with van der Waals surface area (Å²) in [5.74, 6) is 4.70. The van der Waals surface area contributed by atoms with E-state index in [0.717, 1.165) is 99.2 Å². The maximum Gasteiger partial charge on any atom is 0.416 e. The number of benzene rings is 7. The fourth-order valence-corrected chi connectivity index (χ4v) is 14.7. The number of anilines is 12. The second kappa shape index (κ2) is 53.8. The number of rotatable bonds is 35. The number of alkyl halides is 6. The van der Waals surface area contributed by atoms with Crippen LogP contribution in [0.1, 0.15) is 117 Å². The molecule has 12 aromatic rings. The fourth-order valence-electron chi connectivity index (χ4n) is 14.5. The van der Waals surface area contributed by atoms with Gasteiger partial charge in [-0.3, -0.25) is 53.8 Å². The minimum atomic E-state index is -4.47. The molecule has 12 rings (SSSR count). The molecule has 0 bridgehead atoms. The second-order valence-corrected chi connectivity index (χ2v) is 35.7. The molecule has 0 unspecified atom stereocenters. The summed E-state index contributed by atoms with van der Waals surface area (Å²) < 4.78 is 95.5. The molecule has 0 radical (unpaired) electrons. The molecule has 47 heteroatoms. The predicted octanol–water partition coefficient (Wildman–Crippen LogP) is 14.0. The highest BCUT2D eigenvalue weighted by Gasteiger charge is 2.33. The van der Waals surface area contributed by atoms with E-state index in [1.54, 1.807) is 130 Å². The van der Waals surface area contributed by atoms with Gasteiger partial charge in [-0.25, -0.2) is 49.8 Å². The average molecular weight is 2100 g/mol. The molecule has 7 aromatic carbocycles. The van der Waals surface area contributed by atoms with Gasteiger partial charge in [-0.05, 0) is 113 Å². The first-order chi connectivity index (χ1) is 70.6. The lowest BCUT2D eigenvalue weighted by atomic mass is 10.1. The highest BCUT2D eigenvalue weighted by molar-refractivity contribution is 6.30. The van der Waals surface area contributed by atoms with Gasteiger partial charge in [0.2, 0.25) is 0 Å². The summed E-state index contributed by atoms with van der Waals surface area (Å²) in [7, 11) is 38.4. The van der Waals surface area contributed by atoms with Crippen LogP contribution in [-0.2, 0) is 119 Å². The highest BCUT2D eigenvalue weighted by atomic mass is 35.5. The molecule has 0 fully saturated rings. The molecular weight excluding hydrogens is 1980 g/mol. The molecule has 150 heavy (non-hydrogen) atoms. The van der Waals surface area contributed by atoms with Crippen molar-refractivity contribution in [1.29, 1.82) is 0 Å². The molecule has 0 aliphatic heterocycles. The number of carboxylic acids is 1. The smallest absolute Gasteiger partial charge is 0.416 e. The van der Waals surface area contributed by atoms with Crippen molar-refractivity contribution in [2.45, 2.75) is 76.6 Å². The zero-order valence-electron chi connectivity index (χ0n) is 86.9. The van der Waals surface area contributed by atoms with Gasteiger partial charge < -0.3 is 84.5 Å². The number of carbonyl (C=O) groups excluding carboxylic acids is 6. The number of esters is 4. The average Bonchev–Trinajstić information content (AvgIpc) is 0.833. The van der Waals surface area contributed by atoms with Crippen LogP contribution in [0.4, 0.5) is 107 Å². The lowest BCUT2D eigenvalue weighted by Crippen LogP contribution is -2.23. The zero-order chi connectivity index (χ0) is 111. The number of amides is 2. The molecule has 5 heterocycles. The third-order valence-electron chi connectivity index (χ3n) is 21.8. The van der Waals surface area contributed by atoms with Gasteiger partial charge in [-0.15, -0.1) is 0 Å². The van der Waals surface area contributed by atoms with E-state index >= 15 is 0 Å². The topological polar surface area (TPSA) is 471 Å². The summed E-state index contributed by atoms with van der Waals surface area (Å²) in [6, 6.07) is 42.0. The molecule has 5 aromatic heterocycles. The Morgan fingerprint density at radius 2 is 0.520 bits per heavy atom. The van der Waals surface area contributed by atoms with Gasteiger partial charge in [0.05, 0.1) is 81.5 Å². The van der Waals surface area contributed by atoms with Gasteiger partial charge in [-0.1, -0.05) is 72.3 Å². The molecule has 0 aliphatic carbocycles. The van der Waals surface area contributed by atoms with E-state index in [2.05, 4.69) is 65.2 Å². The Kier molecular flexibility index (Phi) is 42.4. The Hall–Kier alpha value is -17.1. The molecule has 796 valence electrons. The number of nitro benzene ring substituents is 2. The van der Waals surface area contributed by atoms with Crippen LogP contribution in [0.3, 0.4) is 0 Å². The number of ether oxygens (including phenoxy) is 4. The number of nitro groups is 2. The van der Waals surface area contributed by atoms with E-state index in [-0.39, 0.29) is 71.7 Å². The van der Waals surface area contributed by atoms with Crippen molar-refractivity contribution >= 4 is 134 Å². The van der Waals surface area contributed by atoms with Crippen LogP contribution in [0.5, 0.6) is 0 Å². The third-order valence-corrected chi connectivity index (χ3v) is 22.1. The van der Waals surface area contributed by atoms with Gasteiger partial charge >= 0.3 is 42.2 Å². The van der Waals surface area contributed by atoms with Crippen LogP contribution < -0.4 is 60.5 Å². The van der Waals surface area contributed by atoms with Crippen LogP contribution in [0.2, 0.25) is 5.15 Å². The Balaban J connectivity index is 0.000000231. The molecule has 0 saturated carbocycles. The number of aliphatic carboxylic acids is 1. The number of aromatic nitrogens is 10. The number of carbonyl (C=O) groups is 7. The third kappa shape index (κ3) is 34.5. The summed E-state index contributed by atoms with van der Waals surface area (Å²) in [6.07, 6.45) is -6.83. The number of hydrogen-bond acceptors (Lipinski definition) is 35. The molecule has 5 N–H and O–H groups in total. The van der Waals surface area contributed by atoms with E-state index in [9.17, 15) is 85.2 Å². The number of nitrogen functional groups attached to an aromatic ring is 1. The van der Waals surface area contributed by atoms with E-state index in [0.29, 0.717) is 136 Å². The van der Waals surface area contributed by atoms with Crippen LogP contribution >= 0.6 is 11.6 Å². The van der Waals surface area contributed by atoms with Crippen molar-refractivity contribution < 1.29 is 93.8 Å². The number of hydrogen-bond donors (Lipinski definition) is 4. The van der Waals surface area contributed by atoms with E-state index in [1.165, 1.54) is 52.7 Å². The maximum atomic E-state index is 12.7. The zero-order valence-corrected chi connectivity index (χ0v) is 87.7. The summed E-state index contributed by atoms with van der Waals surface area (Å²) >= 11 is 6.24. The van der Waals surface area contributed by atoms with Crippen molar-refractivity contribution in [3.8, 4) is 0 Å². The SMILES string of the molecule is CN(C)c1nc(Cc2ccc(NC(=O)c3ccc(C(F)(F)F)cc3)cc2)nc(N(C)C)c1CC(=O)O.COC(=O)Cc1c(Cl)nc(Cc2ccc([N+](=O)[O-])cc2)nc1N(C)C.COC(=O)Cc1c(N(C)C)nc(Cc2ccc(N)cc2)nc1N(C)C.COC(=O)Cc1c(N(C)C)nc(Cc2ccc(NC(=O)c3ccc(C(F)(F)F)cc3)cc2)nc1N(C)C.COC(=O)Cc1c(N(C)C)nc(Cc2ccc([N+](=O)[O-])cc2)nc1N(C)C. The number of halogens is 7. The molecule has 40 nitrogen and oxygen atoms in total. The van der Waals surface area contributed by atoms with Crippen molar-refractivity contribution in [2.75, 3.05) is 216 Å². The van der Waals surface area contributed by atoms with E-state index in [4.69, 9.17) is 31.5 Å². The Morgan fingerprint density at radius 1 is 0.320 bits per heavy atom. The largest absolute Gasteiger partial charge is 0.481 e. The van der Waals surface area contributed by atoms with Crippen LogP contribution in [0.25, 0.3) is 0 Å². The van der Waals surface area contributed by atoms with Gasteiger partial charge in [0.15, 0.2) is 0 Å². The first-order valence-electron chi connectivity index (χ1n) is 45.7. The van der Waals surface area contributed by atoms with Gasteiger partial charge in [0.1, 0.15) is 86.6 Å². The normalized spacial score (nSPS) is 10.8. The van der Waals surface area contributed by atoms with Gasteiger partial charge in [-0.2, -0.15) is 26.3 Å². The van der Waals surface area contributed by atoms with Crippen LogP contribution in [0, 0.1) is 20.2 Å². The Morgan fingerprint density at radius 3 is 0.727 bits per heavy atom. The number of nitrogens with one attached hydrogen (secondary N) is 2. The lowest BCUT2D eigenvalue weighted by molar-refractivity contribution is -0.385. The number of methoxy groups -OCH3 is 4. The summed E-state index contributed by atoms with van der Waals surface area (Å²) in [5, 5.41) is 36.3. The monoisotopic (exact) mass is 2100 g/mol. The molecule has 2 amide bonds. The van der Waals surface area contributed by atoms with Crippen LogP contribution in [0.15, 0.2) is 170 Å². The van der Waals surface area contributed by atoms with Gasteiger partial charge in [0.25, 0.3) is 23.2 Å². The second-order valence-electron chi connectivity index (χ2n) is 35.4. The number of nitrogens with zero attached hydrogens (tertiary/aromatic N) is 21. The van der Waals surface area contributed by atoms with Crippen molar-refractivity contribution in [2.24, 2.45) is 0 Å². The minimum Gasteiger partial charge on any atom is -0.481 e. The standard InChI is InChI=1S/C26H28F3N5O3.C25H26F3N5O3.C18H23N5O4.C18H25N5O2.C16H17ClN4O4/c1-33(2)23-20(15-22(35)37-5)24(34(3)4)32-21(31-23)14-16-6-12-19(13-7-16)30-25(36)17-8-10-18(11-9-17)26(27,28)29;1-32(2)22-19(14-21(34)35)23(33(3)4)31-20(30-22)13-15-5-11-18(12-6-15)29-24(36)16-7-9-17(10-8-16)25(26,27)28;1-21(2)17-14(11-16(24)27-5)18(22(3)4)20-15(19-17)10-12-6-8-13(9-7-12)23(25)26;1-22(2)17-14(11-16(24)25-5)18(23(3)4)21-15(20-17)10-12-6-8-13(19)9-7-12;1-20(2)16-12(9-14(22)25-3)15(17)18-13(19-16)8-10-4-6-11(7-5-10)21(23)24/h6-13H,14-15H2,1-5H3,(H,30,36);5-12H,13-14H2,1-4H3,(H,29,36)(H,34,35);6-9H,10-11H2,1-5H3;6-9H,10-11,19H2,1-5H3;4-7H,8-9H2,1-3H3. The van der Waals surface area contributed by atoms with Crippen molar-refractivity contribution in [1.82, 2.24) is 49.8 Å². The quantitative estimate of drug-likeness (QED) is 0.00545. The number of nitrogens with two attached hydrogens (primary N) is 1. The highest BCUT2D eigenvalue weighted by Crippen LogP contribution is 2.36. The summed E-state index contributed by atoms with van der Waals surface area (Å²) in [6.45, 7) is 0.